The lowest BCUT2D eigenvalue weighted by Crippen LogP contribution is -2.23. The highest BCUT2D eigenvalue weighted by molar-refractivity contribution is 6.36. The zero-order chi connectivity index (χ0) is 24.4. The van der Waals surface area contributed by atoms with Crippen LogP contribution in [-0.2, 0) is 16.0 Å². The number of hydrogen-bond acceptors (Lipinski definition) is 7. The van der Waals surface area contributed by atoms with Crippen molar-refractivity contribution in [3.8, 4) is 22.8 Å². The second kappa shape index (κ2) is 9.99. The molecule has 0 fully saturated rings. The molecule has 5 rings (SSSR count). The number of ether oxygens (including phenoxy) is 3. The molecule has 1 N–H and O–H groups in total. The van der Waals surface area contributed by atoms with Crippen LogP contribution in [-0.4, -0.2) is 49.2 Å². The first-order valence-corrected chi connectivity index (χ1v) is 11.8. The van der Waals surface area contributed by atoms with Crippen molar-refractivity contribution >= 4 is 33.7 Å². The Bertz CT molecular complexity index is 1480. The monoisotopic (exact) mass is 492 g/mol. The van der Waals surface area contributed by atoms with Crippen molar-refractivity contribution in [3.05, 3.63) is 59.8 Å². The van der Waals surface area contributed by atoms with Gasteiger partial charge in [-0.15, -0.1) is 0 Å². The van der Waals surface area contributed by atoms with Gasteiger partial charge in [0, 0.05) is 31.0 Å². The van der Waals surface area contributed by atoms with Crippen molar-refractivity contribution in [2.24, 2.45) is 0 Å². The van der Waals surface area contributed by atoms with Gasteiger partial charge in [0.2, 0.25) is 0 Å². The highest BCUT2D eigenvalue weighted by atomic mass is 35.5. The fourth-order valence-corrected chi connectivity index (χ4v) is 4.07. The molecule has 0 atom stereocenters. The molecule has 10 heteroatoms. The number of hydrogen-bond donors (Lipinski definition) is 1. The molecule has 0 unspecified atom stereocenters. The predicted molar refractivity (Wildman–Crippen MR) is 134 cm³/mol. The number of nitrogens with one attached hydrogen (secondary N) is 1. The Morgan fingerprint density at radius 1 is 1.03 bits per heavy atom. The molecule has 0 saturated heterocycles. The number of fused-ring (bicyclic) bond motifs is 2. The summed E-state index contributed by atoms with van der Waals surface area (Å²) in [5, 5.41) is 4.81. The van der Waals surface area contributed by atoms with E-state index in [-0.39, 0.29) is 6.29 Å². The van der Waals surface area contributed by atoms with Crippen LogP contribution < -0.4 is 4.74 Å². The number of H-pyrrole nitrogens is 1. The molecule has 35 heavy (non-hydrogen) atoms. The lowest BCUT2D eigenvalue weighted by molar-refractivity contribution is -0.144. The van der Waals surface area contributed by atoms with E-state index in [2.05, 4.69) is 20.1 Å². The Morgan fingerprint density at radius 3 is 2.63 bits per heavy atom. The Balaban J connectivity index is 1.41. The molecule has 3 heterocycles. The number of halogens is 1. The number of nitrogens with zero attached hydrogens (tertiary/aromatic N) is 5. The maximum absolute atomic E-state index is 6.72. The quantitative estimate of drug-likeness (QED) is 0.270. The molecule has 2 aromatic carbocycles. The minimum atomic E-state index is -0.362. The Labute approximate surface area is 207 Å². The van der Waals surface area contributed by atoms with Crippen LogP contribution in [0.15, 0.2) is 48.9 Å². The van der Waals surface area contributed by atoms with Crippen LogP contribution in [0.3, 0.4) is 0 Å². The highest BCUT2D eigenvalue weighted by Crippen LogP contribution is 2.35. The first kappa shape index (κ1) is 23.2. The molecular formula is C25H25ClN6O3. The third kappa shape index (κ3) is 4.97. The molecule has 0 aliphatic carbocycles. The summed E-state index contributed by atoms with van der Waals surface area (Å²) < 4.78 is 19.1. The number of aromatic amines is 1. The largest absolute Gasteiger partial charge is 0.456 e. The predicted octanol–water partition coefficient (Wildman–Crippen LogP) is 5.52. The van der Waals surface area contributed by atoms with E-state index >= 15 is 0 Å². The normalized spacial score (nSPS) is 11.7. The molecule has 180 valence electrons. The first-order chi connectivity index (χ1) is 17.0. The third-order valence-corrected chi connectivity index (χ3v) is 5.75. The maximum Gasteiger partial charge on any atom is 0.176 e. The zero-order valence-corrected chi connectivity index (χ0v) is 20.4. The summed E-state index contributed by atoms with van der Waals surface area (Å²) in [6.45, 7) is 7.38. The molecule has 0 amide bonds. The van der Waals surface area contributed by atoms with E-state index in [9.17, 15) is 0 Å². The van der Waals surface area contributed by atoms with Gasteiger partial charge in [0.1, 0.15) is 27.9 Å². The summed E-state index contributed by atoms with van der Waals surface area (Å²) in [5.74, 6) is 1.98. The van der Waals surface area contributed by atoms with E-state index in [4.69, 9.17) is 30.8 Å². The number of benzene rings is 2. The first-order valence-electron chi connectivity index (χ1n) is 11.4. The summed E-state index contributed by atoms with van der Waals surface area (Å²) in [6, 6.07) is 9.29. The smallest absolute Gasteiger partial charge is 0.176 e. The molecule has 0 bridgehead atoms. The van der Waals surface area contributed by atoms with Gasteiger partial charge in [0.05, 0.1) is 41.2 Å². The van der Waals surface area contributed by atoms with Crippen LogP contribution in [0.1, 0.15) is 19.7 Å². The minimum absolute atomic E-state index is 0.362. The van der Waals surface area contributed by atoms with Crippen molar-refractivity contribution < 1.29 is 14.2 Å². The minimum Gasteiger partial charge on any atom is -0.456 e. The maximum atomic E-state index is 6.72. The second-order valence-electron chi connectivity index (χ2n) is 7.90. The highest BCUT2D eigenvalue weighted by Gasteiger charge is 2.15. The Kier molecular flexibility index (Phi) is 6.63. The van der Waals surface area contributed by atoms with Gasteiger partial charge in [-0.05, 0) is 45.0 Å². The summed E-state index contributed by atoms with van der Waals surface area (Å²) >= 11 is 6.72. The Morgan fingerprint density at radius 2 is 1.83 bits per heavy atom. The fourth-order valence-electron chi connectivity index (χ4n) is 3.82. The molecule has 3 aromatic heterocycles. The molecule has 0 radical (unpaired) electrons. The molecule has 0 aliphatic rings. The van der Waals surface area contributed by atoms with Crippen molar-refractivity contribution in [3.63, 3.8) is 0 Å². The SMILES string of the molecule is CCOC(Cn1cc(-c2cnc3ccc(Oc4ccc5nc(C)[nH]c5c4)c(Cl)c3n2)cn1)OCC. The van der Waals surface area contributed by atoms with Crippen LogP contribution in [0.5, 0.6) is 11.5 Å². The van der Waals surface area contributed by atoms with Crippen LogP contribution in [0.25, 0.3) is 33.3 Å². The number of aromatic nitrogens is 6. The van der Waals surface area contributed by atoms with E-state index in [0.29, 0.717) is 53.0 Å². The van der Waals surface area contributed by atoms with E-state index in [1.807, 2.05) is 51.2 Å². The summed E-state index contributed by atoms with van der Waals surface area (Å²) in [5.41, 5.74) is 4.46. The standard InChI is InChI=1S/C25H25ClN6O3/c1-4-33-23(34-5-2)14-32-13-16(11-28-32)21-12-27-19-8-9-22(24(26)25(19)31-21)35-17-6-7-18-20(10-17)30-15(3)29-18/h6-13,23H,4-5,14H2,1-3H3,(H,29,30). The van der Waals surface area contributed by atoms with Crippen molar-refractivity contribution in [2.75, 3.05) is 13.2 Å². The summed E-state index contributed by atoms with van der Waals surface area (Å²) in [7, 11) is 0. The molecular weight excluding hydrogens is 468 g/mol. The second-order valence-corrected chi connectivity index (χ2v) is 8.27. The molecule has 0 aliphatic heterocycles. The molecule has 0 saturated carbocycles. The van der Waals surface area contributed by atoms with Crippen LogP contribution in [0.2, 0.25) is 5.02 Å². The van der Waals surface area contributed by atoms with Gasteiger partial charge < -0.3 is 19.2 Å². The summed E-state index contributed by atoms with van der Waals surface area (Å²) in [4.78, 5) is 16.9. The van der Waals surface area contributed by atoms with Gasteiger partial charge in [-0.3, -0.25) is 9.67 Å². The van der Waals surface area contributed by atoms with E-state index < -0.39 is 0 Å². The molecule has 0 spiro atoms. The van der Waals surface area contributed by atoms with Gasteiger partial charge in [0.25, 0.3) is 0 Å². The number of imidazole rings is 1. The van der Waals surface area contributed by atoms with Crippen molar-refractivity contribution in [2.45, 2.75) is 33.6 Å². The van der Waals surface area contributed by atoms with Gasteiger partial charge >= 0.3 is 0 Å². The zero-order valence-electron chi connectivity index (χ0n) is 19.7. The van der Waals surface area contributed by atoms with Crippen LogP contribution >= 0.6 is 11.6 Å². The average molecular weight is 493 g/mol. The van der Waals surface area contributed by atoms with Crippen LogP contribution in [0.4, 0.5) is 0 Å². The Hall–Kier alpha value is -3.53. The third-order valence-electron chi connectivity index (χ3n) is 5.39. The van der Waals surface area contributed by atoms with E-state index in [1.54, 1.807) is 23.1 Å². The van der Waals surface area contributed by atoms with E-state index in [1.165, 1.54) is 0 Å². The van der Waals surface area contributed by atoms with Gasteiger partial charge in [-0.25, -0.2) is 9.97 Å². The molecule has 5 aromatic rings. The van der Waals surface area contributed by atoms with Gasteiger partial charge in [-0.1, -0.05) is 11.6 Å². The lowest BCUT2D eigenvalue weighted by atomic mass is 10.2. The number of aryl methyl sites for hydroxylation is 1. The lowest BCUT2D eigenvalue weighted by Gasteiger charge is -2.16. The summed E-state index contributed by atoms with van der Waals surface area (Å²) in [6.07, 6.45) is 4.97. The fraction of sp³-hybridized carbons (Fsp3) is 0.280. The topological polar surface area (TPSA) is 100.0 Å². The van der Waals surface area contributed by atoms with Crippen LogP contribution in [0, 0.1) is 6.92 Å². The van der Waals surface area contributed by atoms with Crippen molar-refractivity contribution in [1.29, 1.82) is 0 Å². The average Bonchev–Trinajstić information content (AvgIpc) is 3.46. The van der Waals surface area contributed by atoms with Gasteiger partial charge in [-0.2, -0.15) is 5.10 Å². The number of rotatable bonds is 9. The van der Waals surface area contributed by atoms with E-state index in [0.717, 1.165) is 22.4 Å². The molecule has 9 nitrogen and oxygen atoms in total. The van der Waals surface area contributed by atoms with Crippen molar-refractivity contribution in [1.82, 2.24) is 29.7 Å². The van der Waals surface area contributed by atoms with Gasteiger partial charge in [0.15, 0.2) is 6.29 Å².